The largest absolute Gasteiger partial charge is 0.497 e. The third-order valence-corrected chi connectivity index (χ3v) is 8.56. The molecule has 0 aliphatic rings. The Balaban J connectivity index is 1.35. The molecule has 0 unspecified atom stereocenters. The van der Waals surface area contributed by atoms with Gasteiger partial charge in [0, 0.05) is 10.7 Å². The van der Waals surface area contributed by atoms with Crippen LogP contribution in [0.2, 0.25) is 5.02 Å². The summed E-state index contributed by atoms with van der Waals surface area (Å²) in [5.41, 5.74) is 5.54. The first-order chi connectivity index (χ1) is 21.0. The molecule has 44 heavy (non-hydrogen) atoms. The molecule has 4 aromatic rings. The number of aryl methyl sites for hydroxylation is 2. The van der Waals surface area contributed by atoms with E-state index in [1.165, 1.54) is 24.4 Å². The molecule has 2 amide bonds. The normalized spacial score (nSPS) is 11.2. The summed E-state index contributed by atoms with van der Waals surface area (Å²) in [5, 5.41) is 7.07. The number of rotatable bonds is 12. The molecule has 0 aromatic heterocycles. The highest BCUT2D eigenvalue weighted by Gasteiger charge is 2.27. The highest BCUT2D eigenvalue weighted by Crippen LogP contribution is 2.28. The summed E-state index contributed by atoms with van der Waals surface area (Å²) in [5.74, 6) is 0.166. The van der Waals surface area contributed by atoms with Crippen molar-refractivity contribution >= 4 is 51.0 Å². The third-order valence-electron chi connectivity index (χ3n) is 6.37. The molecule has 0 aliphatic heterocycles. The summed E-state index contributed by atoms with van der Waals surface area (Å²) in [4.78, 5) is 25.1. The second-order valence-corrected chi connectivity index (χ2v) is 12.0. The van der Waals surface area contributed by atoms with Crippen molar-refractivity contribution in [1.29, 1.82) is 0 Å². The van der Waals surface area contributed by atoms with Crippen molar-refractivity contribution in [3.63, 3.8) is 0 Å². The van der Waals surface area contributed by atoms with Crippen LogP contribution < -0.4 is 24.5 Å². The molecule has 0 spiro atoms. The van der Waals surface area contributed by atoms with Crippen molar-refractivity contribution < 1.29 is 27.5 Å². The summed E-state index contributed by atoms with van der Waals surface area (Å²) in [6, 6.07) is 24.7. The molecule has 0 saturated heterocycles. The summed E-state index contributed by atoms with van der Waals surface area (Å²) in [6.45, 7) is 2.93. The number of amides is 2. The Labute approximate surface area is 261 Å². The number of anilines is 2. The second-order valence-electron chi connectivity index (χ2n) is 9.69. The van der Waals surface area contributed by atoms with Crippen molar-refractivity contribution in [3.8, 4) is 11.5 Å². The molecule has 2 N–H and O–H groups in total. The Bertz CT molecular complexity index is 1740. The number of nitrogens with zero attached hydrogens (tertiary/aromatic N) is 2. The van der Waals surface area contributed by atoms with Crippen LogP contribution in [0.3, 0.4) is 0 Å². The van der Waals surface area contributed by atoms with Gasteiger partial charge in [0.25, 0.3) is 21.8 Å². The average Bonchev–Trinajstić information content (AvgIpc) is 3.01. The minimum absolute atomic E-state index is 0.0385. The highest BCUT2D eigenvalue weighted by atomic mass is 35.5. The molecule has 12 heteroatoms. The number of carbonyl (C=O) groups excluding carboxylic acids is 2. The molecule has 4 rings (SSSR count). The first-order valence-electron chi connectivity index (χ1n) is 13.4. The standard InChI is InChI=1S/C32H31ClN4O6S/c1-22-4-16-29(17-5-22)44(40,41)37(26-11-6-23(2)30(33)18-26)20-31(38)36-34-19-24-7-12-28(13-8-24)43-21-32(39)35-25-9-14-27(42-3)15-10-25/h4-19H,20-21H2,1-3H3,(H,35,39)(H,36,38)/b34-19-. The van der Waals surface area contributed by atoms with Gasteiger partial charge in [-0.15, -0.1) is 0 Å². The van der Waals surface area contributed by atoms with Gasteiger partial charge < -0.3 is 14.8 Å². The summed E-state index contributed by atoms with van der Waals surface area (Å²) in [6.07, 6.45) is 1.40. The minimum atomic E-state index is -4.10. The van der Waals surface area contributed by atoms with Crippen molar-refractivity contribution in [3.05, 3.63) is 113 Å². The van der Waals surface area contributed by atoms with Crippen LogP contribution >= 0.6 is 11.6 Å². The van der Waals surface area contributed by atoms with E-state index in [4.69, 9.17) is 21.1 Å². The maximum atomic E-state index is 13.5. The number of hydrogen-bond acceptors (Lipinski definition) is 7. The molecule has 0 bridgehead atoms. The maximum Gasteiger partial charge on any atom is 0.264 e. The van der Waals surface area contributed by atoms with E-state index in [-0.39, 0.29) is 23.1 Å². The van der Waals surface area contributed by atoms with Crippen molar-refractivity contribution in [2.24, 2.45) is 5.10 Å². The van der Waals surface area contributed by atoms with Crippen molar-refractivity contribution in [2.45, 2.75) is 18.7 Å². The zero-order chi connectivity index (χ0) is 31.7. The number of benzene rings is 4. The van der Waals surface area contributed by atoms with Gasteiger partial charge in [0.15, 0.2) is 6.61 Å². The molecule has 0 saturated carbocycles. The predicted octanol–water partition coefficient (Wildman–Crippen LogP) is 5.33. The zero-order valence-electron chi connectivity index (χ0n) is 24.3. The van der Waals surface area contributed by atoms with Crippen LogP contribution in [-0.4, -0.2) is 46.7 Å². The third kappa shape index (κ3) is 8.59. The number of methoxy groups -OCH3 is 1. The highest BCUT2D eigenvalue weighted by molar-refractivity contribution is 7.92. The Morgan fingerprint density at radius 1 is 0.886 bits per heavy atom. The lowest BCUT2D eigenvalue weighted by Gasteiger charge is -2.24. The lowest BCUT2D eigenvalue weighted by Crippen LogP contribution is -2.39. The van der Waals surface area contributed by atoms with Gasteiger partial charge in [-0.2, -0.15) is 5.10 Å². The number of nitrogens with one attached hydrogen (secondary N) is 2. The van der Waals surface area contributed by atoms with E-state index in [1.807, 2.05) is 6.92 Å². The van der Waals surface area contributed by atoms with Gasteiger partial charge in [-0.05, 0) is 97.8 Å². The van der Waals surface area contributed by atoms with Gasteiger partial charge in [-0.3, -0.25) is 13.9 Å². The van der Waals surface area contributed by atoms with Crippen LogP contribution in [0.1, 0.15) is 16.7 Å². The second kappa shape index (κ2) is 14.5. The Kier molecular flexibility index (Phi) is 10.6. The van der Waals surface area contributed by atoms with Gasteiger partial charge in [-0.1, -0.05) is 35.4 Å². The molecular weight excluding hydrogens is 604 g/mol. The van der Waals surface area contributed by atoms with Crippen LogP contribution in [0, 0.1) is 13.8 Å². The Hall–Kier alpha value is -4.87. The molecule has 0 fully saturated rings. The van der Waals surface area contributed by atoms with Gasteiger partial charge >= 0.3 is 0 Å². The number of hydrazone groups is 1. The fourth-order valence-electron chi connectivity index (χ4n) is 3.90. The summed E-state index contributed by atoms with van der Waals surface area (Å²) in [7, 11) is -2.53. The molecule has 4 aromatic carbocycles. The topological polar surface area (TPSA) is 126 Å². The van der Waals surface area contributed by atoms with E-state index in [0.717, 1.165) is 15.4 Å². The number of halogens is 1. The molecule has 10 nitrogen and oxygen atoms in total. The quantitative estimate of drug-likeness (QED) is 0.160. The van der Waals surface area contributed by atoms with E-state index in [9.17, 15) is 18.0 Å². The molecule has 0 heterocycles. The minimum Gasteiger partial charge on any atom is -0.497 e. The van der Waals surface area contributed by atoms with Crippen LogP contribution in [0.25, 0.3) is 0 Å². The van der Waals surface area contributed by atoms with Crippen molar-refractivity contribution in [1.82, 2.24) is 5.43 Å². The van der Waals surface area contributed by atoms with Crippen LogP contribution in [0.15, 0.2) is 101 Å². The lowest BCUT2D eigenvalue weighted by atomic mass is 10.2. The summed E-state index contributed by atoms with van der Waals surface area (Å²) >= 11 is 6.27. The van der Waals surface area contributed by atoms with E-state index < -0.39 is 22.5 Å². The van der Waals surface area contributed by atoms with Crippen LogP contribution in [0.5, 0.6) is 11.5 Å². The first-order valence-corrected chi connectivity index (χ1v) is 15.2. The van der Waals surface area contributed by atoms with E-state index in [2.05, 4.69) is 15.8 Å². The van der Waals surface area contributed by atoms with E-state index in [0.29, 0.717) is 27.8 Å². The predicted molar refractivity (Wildman–Crippen MR) is 171 cm³/mol. The average molecular weight is 635 g/mol. The number of sulfonamides is 1. The summed E-state index contributed by atoms with van der Waals surface area (Å²) < 4.78 is 38.7. The molecular formula is C32H31ClN4O6S. The molecule has 0 atom stereocenters. The van der Waals surface area contributed by atoms with Gasteiger partial charge in [0.1, 0.15) is 18.0 Å². The Morgan fingerprint density at radius 3 is 2.18 bits per heavy atom. The van der Waals surface area contributed by atoms with Gasteiger partial charge in [0.2, 0.25) is 0 Å². The number of ether oxygens (including phenoxy) is 2. The Morgan fingerprint density at radius 2 is 1.55 bits per heavy atom. The van der Waals surface area contributed by atoms with Crippen molar-refractivity contribution in [2.75, 3.05) is 29.9 Å². The van der Waals surface area contributed by atoms with E-state index >= 15 is 0 Å². The molecule has 228 valence electrons. The van der Waals surface area contributed by atoms with Crippen LogP contribution in [0.4, 0.5) is 11.4 Å². The fourth-order valence-corrected chi connectivity index (χ4v) is 5.49. The number of carbonyl (C=O) groups is 2. The van der Waals surface area contributed by atoms with Gasteiger partial charge in [-0.25, -0.2) is 13.8 Å². The molecule has 0 aliphatic carbocycles. The smallest absolute Gasteiger partial charge is 0.264 e. The monoisotopic (exact) mass is 634 g/mol. The SMILES string of the molecule is COc1ccc(NC(=O)COc2ccc(/C=N\NC(=O)CN(c3ccc(C)c(Cl)c3)S(=O)(=O)c3ccc(C)cc3)cc2)cc1. The zero-order valence-corrected chi connectivity index (χ0v) is 25.9. The van der Waals surface area contributed by atoms with E-state index in [1.54, 1.807) is 86.8 Å². The maximum absolute atomic E-state index is 13.5. The molecule has 0 radical (unpaired) electrons. The number of hydrogen-bond donors (Lipinski definition) is 2. The van der Waals surface area contributed by atoms with Crippen LogP contribution in [-0.2, 0) is 19.6 Å². The van der Waals surface area contributed by atoms with Gasteiger partial charge in [0.05, 0.1) is 23.9 Å². The first kappa shape index (κ1) is 32.1. The fraction of sp³-hybridized carbons (Fsp3) is 0.156. The lowest BCUT2D eigenvalue weighted by molar-refractivity contribution is -0.119.